The number of nitrogens with one attached hydrogen (secondary N) is 1. The van der Waals surface area contributed by atoms with Crippen LogP contribution in [0.25, 0.3) is 0 Å². The number of nitrogens with zero attached hydrogens (tertiary/aromatic N) is 7. The quantitative estimate of drug-likeness (QED) is 0.274. The molecule has 236 valence electrons. The molecule has 2 aromatic carbocycles. The lowest BCUT2D eigenvalue weighted by molar-refractivity contribution is 0.0697. The van der Waals surface area contributed by atoms with E-state index in [-0.39, 0.29) is 17.5 Å². The van der Waals surface area contributed by atoms with E-state index in [9.17, 15) is 19.6 Å². The van der Waals surface area contributed by atoms with Crippen molar-refractivity contribution in [1.29, 1.82) is 5.26 Å². The first kappa shape index (κ1) is 29.7. The van der Waals surface area contributed by atoms with Crippen LogP contribution in [0, 0.1) is 17.1 Å². The van der Waals surface area contributed by atoms with Crippen molar-refractivity contribution in [1.82, 2.24) is 19.4 Å². The van der Waals surface area contributed by atoms with Crippen molar-refractivity contribution in [2.45, 2.75) is 57.9 Å². The average molecular weight is 621 g/mol. The predicted molar refractivity (Wildman–Crippen MR) is 173 cm³/mol. The molecule has 5 heterocycles. The molecule has 1 atom stereocenters. The first-order chi connectivity index (χ1) is 22.4. The largest absolute Gasteiger partial charge is 0.478 e. The van der Waals surface area contributed by atoms with Gasteiger partial charge in [0.25, 0.3) is 0 Å². The lowest BCUT2D eigenvalue weighted by Gasteiger charge is -2.36. The van der Waals surface area contributed by atoms with Gasteiger partial charge in [0.2, 0.25) is 0 Å². The van der Waals surface area contributed by atoms with Gasteiger partial charge in [0.15, 0.2) is 0 Å². The van der Waals surface area contributed by atoms with E-state index >= 15 is 0 Å². The Morgan fingerprint density at radius 1 is 1.15 bits per heavy atom. The number of piperidine rings is 1. The predicted octanol–water partition coefficient (Wildman–Crippen LogP) is 5.21. The Morgan fingerprint density at radius 2 is 2.00 bits per heavy atom. The fraction of sp³-hybridized carbons (Fsp3) is 0.371. The molecule has 3 aliphatic rings. The van der Waals surface area contributed by atoms with Crippen LogP contribution in [0.5, 0.6) is 0 Å². The highest BCUT2D eigenvalue weighted by atomic mass is 19.1. The van der Waals surface area contributed by atoms with Crippen LogP contribution in [0.3, 0.4) is 0 Å². The van der Waals surface area contributed by atoms with Crippen molar-refractivity contribution in [3.63, 3.8) is 0 Å². The van der Waals surface area contributed by atoms with Gasteiger partial charge in [-0.2, -0.15) is 5.26 Å². The third-order valence-electron chi connectivity index (χ3n) is 9.64. The molecule has 10 nitrogen and oxygen atoms in total. The van der Waals surface area contributed by atoms with Crippen molar-refractivity contribution in [2.24, 2.45) is 0 Å². The maximum atomic E-state index is 14.8. The standard InChI is InChI=1S/C35H37FN8O2/c1-2-42-15-11-38-33(42)22-44-31-18-26(35(45)46)6-7-30(31)40-34(44)21-41-12-8-24(9-13-41)29-4-3-5-32(39-29)43-14-10-25-16-23(19-37)17-28(36)27(25)20-43/h3-7,11,15-18,24,34,40H,2,8-10,12-14,20-22H2,1H3,(H,45,46). The number of hydrogen-bond acceptors (Lipinski definition) is 8. The minimum Gasteiger partial charge on any atom is -0.478 e. The number of pyridine rings is 1. The molecule has 1 saturated heterocycles. The highest BCUT2D eigenvalue weighted by Crippen LogP contribution is 2.38. The number of carbonyl (C=O) groups is 1. The fourth-order valence-electron chi connectivity index (χ4n) is 7.10. The number of fused-ring (bicyclic) bond motifs is 2. The Balaban J connectivity index is 1.02. The normalized spacial score (nSPS) is 18.2. The lowest BCUT2D eigenvalue weighted by Crippen LogP contribution is -2.47. The number of anilines is 3. The molecule has 7 rings (SSSR count). The number of imidazole rings is 1. The summed E-state index contributed by atoms with van der Waals surface area (Å²) in [5, 5.41) is 22.5. The highest BCUT2D eigenvalue weighted by molar-refractivity contribution is 5.92. The van der Waals surface area contributed by atoms with Crippen molar-refractivity contribution in [3.8, 4) is 6.07 Å². The van der Waals surface area contributed by atoms with E-state index in [2.05, 4.69) is 54.7 Å². The minimum absolute atomic E-state index is 0.0225. The van der Waals surface area contributed by atoms with Gasteiger partial charge in [0.1, 0.15) is 23.6 Å². The zero-order chi connectivity index (χ0) is 31.8. The Bertz CT molecular complexity index is 1810. The van der Waals surface area contributed by atoms with E-state index < -0.39 is 5.97 Å². The number of aromatic carboxylic acids is 1. The summed E-state index contributed by atoms with van der Waals surface area (Å²) >= 11 is 0. The molecule has 2 N–H and O–H groups in total. The van der Waals surface area contributed by atoms with Gasteiger partial charge in [0.05, 0.1) is 35.1 Å². The minimum atomic E-state index is -0.938. The van der Waals surface area contributed by atoms with Crippen LogP contribution in [0.2, 0.25) is 0 Å². The molecular weight excluding hydrogens is 583 g/mol. The zero-order valence-corrected chi connectivity index (χ0v) is 25.9. The van der Waals surface area contributed by atoms with Crippen molar-refractivity contribution >= 4 is 23.2 Å². The van der Waals surface area contributed by atoms with Crippen LogP contribution < -0.4 is 15.1 Å². The molecule has 0 aliphatic carbocycles. The molecule has 0 radical (unpaired) electrons. The summed E-state index contributed by atoms with van der Waals surface area (Å²) in [5.41, 5.74) is 5.10. The molecule has 4 aromatic rings. The SMILES string of the molecule is CCn1ccnc1CN1c2cc(C(=O)O)ccc2NC1CN1CCC(c2cccc(N3CCc4cc(C#N)cc(F)c4C3)n2)CC1. The van der Waals surface area contributed by atoms with E-state index in [1.807, 2.05) is 24.5 Å². The van der Waals surface area contributed by atoms with Crippen molar-refractivity contribution in [3.05, 3.63) is 101 Å². The summed E-state index contributed by atoms with van der Waals surface area (Å²) in [6.45, 7) is 7.30. The molecule has 0 amide bonds. The number of hydrogen-bond donors (Lipinski definition) is 2. The number of carboxylic acids is 1. The topological polar surface area (TPSA) is 114 Å². The van der Waals surface area contributed by atoms with Crippen LogP contribution in [0.4, 0.5) is 21.6 Å². The third-order valence-corrected chi connectivity index (χ3v) is 9.64. The molecule has 0 saturated carbocycles. The van der Waals surface area contributed by atoms with Crippen molar-refractivity contribution in [2.75, 3.05) is 41.3 Å². The second-order valence-electron chi connectivity index (χ2n) is 12.3. The molecule has 3 aliphatic heterocycles. The number of aryl methyl sites for hydroxylation is 1. The second kappa shape index (κ2) is 12.4. The Hall–Kier alpha value is -4.95. The molecule has 1 fully saturated rings. The van der Waals surface area contributed by atoms with Crippen LogP contribution in [0.15, 0.2) is 60.9 Å². The Morgan fingerprint density at radius 3 is 2.78 bits per heavy atom. The summed E-state index contributed by atoms with van der Waals surface area (Å²) in [6.07, 6.45) is 6.41. The average Bonchev–Trinajstić information content (AvgIpc) is 3.68. The summed E-state index contributed by atoms with van der Waals surface area (Å²) in [4.78, 5) is 28.3. The van der Waals surface area contributed by atoms with E-state index in [4.69, 9.17) is 4.98 Å². The third kappa shape index (κ3) is 5.76. The molecule has 46 heavy (non-hydrogen) atoms. The van der Waals surface area contributed by atoms with Crippen LogP contribution in [-0.2, 0) is 26.1 Å². The van der Waals surface area contributed by atoms with Gasteiger partial charge < -0.3 is 24.8 Å². The Kier molecular flexibility index (Phi) is 8.05. The fourth-order valence-corrected chi connectivity index (χ4v) is 7.10. The highest BCUT2D eigenvalue weighted by Gasteiger charge is 2.33. The number of aromatic nitrogens is 3. The van der Waals surface area contributed by atoms with E-state index in [0.29, 0.717) is 36.6 Å². The molecule has 2 aromatic heterocycles. The van der Waals surface area contributed by atoms with Gasteiger partial charge in [-0.05, 0) is 87.3 Å². The number of rotatable bonds is 8. The maximum Gasteiger partial charge on any atom is 0.335 e. The first-order valence-corrected chi connectivity index (χ1v) is 16.0. The van der Waals surface area contributed by atoms with E-state index in [1.54, 1.807) is 18.2 Å². The number of halogens is 1. The first-order valence-electron chi connectivity index (χ1n) is 16.0. The zero-order valence-electron chi connectivity index (χ0n) is 25.9. The smallest absolute Gasteiger partial charge is 0.335 e. The molecule has 0 bridgehead atoms. The van der Waals surface area contributed by atoms with Crippen LogP contribution >= 0.6 is 0 Å². The number of carboxylic acid groups (broad SMARTS) is 1. The Labute approximate surface area is 267 Å². The summed E-state index contributed by atoms with van der Waals surface area (Å²) in [7, 11) is 0. The molecule has 0 spiro atoms. The lowest BCUT2D eigenvalue weighted by atomic mass is 9.92. The molecule has 11 heteroatoms. The monoisotopic (exact) mass is 620 g/mol. The van der Waals surface area contributed by atoms with Gasteiger partial charge in [-0.1, -0.05) is 6.07 Å². The number of likely N-dealkylation sites (tertiary alicyclic amines) is 1. The van der Waals surface area contributed by atoms with Crippen molar-refractivity contribution < 1.29 is 14.3 Å². The second-order valence-corrected chi connectivity index (χ2v) is 12.3. The van der Waals surface area contributed by atoms with Gasteiger partial charge >= 0.3 is 5.97 Å². The number of benzene rings is 2. The molecular formula is C35H37FN8O2. The van der Waals surface area contributed by atoms with Gasteiger partial charge in [-0.3, -0.25) is 4.90 Å². The van der Waals surface area contributed by atoms with Gasteiger partial charge in [0, 0.05) is 55.7 Å². The maximum absolute atomic E-state index is 14.8. The molecule has 1 unspecified atom stereocenters. The van der Waals surface area contributed by atoms with Crippen LogP contribution in [-0.4, -0.2) is 62.9 Å². The van der Waals surface area contributed by atoms with E-state index in [0.717, 1.165) is 79.8 Å². The van der Waals surface area contributed by atoms with Gasteiger partial charge in [-0.15, -0.1) is 0 Å². The van der Waals surface area contributed by atoms with Gasteiger partial charge in [-0.25, -0.2) is 19.2 Å². The summed E-state index contributed by atoms with van der Waals surface area (Å²) in [6, 6.07) is 16.6. The summed E-state index contributed by atoms with van der Waals surface area (Å²) in [5.74, 6) is 0.887. The number of nitriles is 1. The van der Waals surface area contributed by atoms with E-state index in [1.165, 1.54) is 6.07 Å². The summed E-state index contributed by atoms with van der Waals surface area (Å²) < 4.78 is 16.9. The van der Waals surface area contributed by atoms with Crippen LogP contribution in [0.1, 0.15) is 64.2 Å².